The Kier molecular flexibility index (Phi) is 9.16. The molecule has 0 amide bonds. The molecule has 0 radical (unpaired) electrons. The van der Waals surface area contributed by atoms with Crippen molar-refractivity contribution in [2.75, 3.05) is 33.3 Å². The van der Waals surface area contributed by atoms with Crippen molar-refractivity contribution in [3.05, 3.63) is 65.5 Å². The predicted molar refractivity (Wildman–Crippen MR) is 125 cm³/mol. The van der Waals surface area contributed by atoms with Crippen LogP contribution in [0, 0.1) is 5.82 Å². The highest BCUT2D eigenvalue weighted by atomic mass is 127. The maximum absolute atomic E-state index is 13.1. The van der Waals surface area contributed by atoms with Gasteiger partial charge < -0.3 is 20.1 Å². The smallest absolute Gasteiger partial charge is 0.194 e. The molecule has 2 unspecified atom stereocenters. The fourth-order valence-electron chi connectivity index (χ4n) is 3.49. The van der Waals surface area contributed by atoms with Crippen molar-refractivity contribution in [2.45, 2.75) is 25.4 Å². The van der Waals surface area contributed by atoms with E-state index in [1.165, 1.54) is 17.7 Å². The maximum atomic E-state index is 13.1. The minimum Gasteiger partial charge on any atom is -0.497 e. The number of benzene rings is 2. The minimum atomic E-state index is -0.755. The number of aliphatic hydroxyl groups is 1. The van der Waals surface area contributed by atoms with Crippen molar-refractivity contribution in [3.8, 4) is 5.75 Å². The molecule has 1 saturated heterocycles. The molecule has 2 aromatic carbocycles. The van der Waals surface area contributed by atoms with Crippen LogP contribution in [0.25, 0.3) is 0 Å². The van der Waals surface area contributed by atoms with Crippen LogP contribution in [-0.4, -0.2) is 49.3 Å². The number of guanidine groups is 1. The highest BCUT2D eigenvalue weighted by Gasteiger charge is 2.26. The Bertz CT molecular complexity index is 784. The molecule has 158 valence electrons. The normalized spacial score (nSPS) is 17.6. The lowest BCUT2D eigenvalue weighted by atomic mass is 9.98. The van der Waals surface area contributed by atoms with E-state index in [1.807, 2.05) is 19.1 Å². The standard InChI is InChI=1S/C22H28FN3O2.HI/c1-3-24-22(25-14-21(27)17-4-8-19(23)9-5-17)26-13-12-18(15-26)16-6-10-20(28-2)11-7-16;/h4-11,18,21,27H,3,12-15H2,1-2H3,(H,24,25);1H. The Morgan fingerprint density at radius 3 is 2.55 bits per heavy atom. The fourth-order valence-corrected chi connectivity index (χ4v) is 3.49. The van der Waals surface area contributed by atoms with Crippen LogP contribution in [0.3, 0.4) is 0 Å². The third-order valence-electron chi connectivity index (χ3n) is 5.08. The van der Waals surface area contributed by atoms with Crippen LogP contribution in [0.1, 0.15) is 36.5 Å². The van der Waals surface area contributed by atoms with Crippen LogP contribution < -0.4 is 10.1 Å². The molecule has 1 fully saturated rings. The summed E-state index contributed by atoms with van der Waals surface area (Å²) in [4.78, 5) is 6.85. The van der Waals surface area contributed by atoms with Crippen molar-refractivity contribution < 1.29 is 14.2 Å². The van der Waals surface area contributed by atoms with Gasteiger partial charge in [-0.25, -0.2) is 4.39 Å². The summed E-state index contributed by atoms with van der Waals surface area (Å²) in [5.74, 6) is 1.80. The zero-order valence-corrected chi connectivity index (χ0v) is 19.2. The number of aliphatic hydroxyl groups excluding tert-OH is 1. The number of nitrogens with one attached hydrogen (secondary N) is 1. The molecule has 2 atom stereocenters. The number of aliphatic imine (C=N–C) groups is 1. The molecule has 0 spiro atoms. The Morgan fingerprint density at radius 1 is 1.24 bits per heavy atom. The molecule has 1 aliphatic rings. The van der Waals surface area contributed by atoms with E-state index in [-0.39, 0.29) is 36.3 Å². The van der Waals surface area contributed by atoms with Crippen molar-refractivity contribution in [3.63, 3.8) is 0 Å². The number of ether oxygens (including phenoxy) is 1. The van der Waals surface area contributed by atoms with Crippen LogP contribution in [0.15, 0.2) is 53.5 Å². The van der Waals surface area contributed by atoms with Crippen molar-refractivity contribution in [1.29, 1.82) is 0 Å². The predicted octanol–water partition coefficient (Wildman–Crippen LogP) is 3.94. The van der Waals surface area contributed by atoms with Crippen molar-refractivity contribution in [1.82, 2.24) is 10.2 Å². The SMILES string of the molecule is CCNC(=NCC(O)c1ccc(F)cc1)N1CCC(c2ccc(OC)cc2)C1.I. The molecule has 7 heteroatoms. The first-order chi connectivity index (χ1) is 13.6. The third-order valence-corrected chi connectivity index (χ3v) is 5.08. The number of hydrogen-bond donors (Lipinski definition) is 2. The fraction of sp³-hybridized carbons (Fsp3) is 0.409. The first-order valence-corrected chi connectivity index (χ1v) is 9.71. The second-order valence-electron chi connectivity index (χ2n) is 6.97. The molecule has 2 N–H and O–H groups in total. The average Bonchev–Trinajstić information content (AvgIpc) is 3.21. The Balaban J connectivity index is 0.00000300. The van der Waals surface area contributed by atoms with Crippen molar-refractivity contribution >= 4 is 29.9 Å². The summed E-state index contributed by atoms with van der Waals surface area (Å²) in [6.45, 7) is 4.82. The van der Waals surface area contributed by atoms with Crippen LogP contribution in [0.4, 0.5) is 4.39 Å². The monoisotopic (exact) mass is 513 g/mol. The lowest BCUT2D eigenvalue weighted by Gasteiger charge is -2.22. The molecule has 0 bridgehead atoms. The van der Waals surface area contributed by atoms with E-state index in [4.69, 9.17) is 4.74 Å². The average molecular weight is 513 g/mol. The summed E-state index contributed by atoms with van der Waals surface area (Å²) in [6.07, 6.45) is 0.298. The van der Waals surface area contributed by atoms with Gasteiger partial charge in [0.25, 0.3) is 0 Å². The summed E-state index contributed by atoms with van der Waals surface area (Å²) in [5.41, 5.74) is 1.96. The van der Waals surface area contributed by atoms with Crippen LogP contribution in [-0.2, 0) is 0 Å². The summed E-state index contributed by atoms with van der Waals surface area (Å²) in [7, 11) is 1.67. The van der Waals surface area contributed by atoms with E-state index < -0.39 is 6.10 Å². The number of likely N-dealkylation sites (tertiary alicyclic amines) is 1. The molecular weight excluding hydrogens is 484 g/mol. The zero-order valence-electron chi connectivity index (χ0n) is 16.8. The van der Waals surface area contributed by atoms with Gasteiger partial charge in [0.15, 0.2) is 5.96 Å². The second kappa shape index (κ2) is 11.3. The quantitative estimate of drug-likeness (QED) is 0.349. The highest BCUT2D eigenvalue weighted by Crippen LogP contribution is 2.28. The van der Waals surface area contributed by atoms with Gasteiger partial charge in [0.1, 0.15) is 11.6 Å². The Hall–Kier alpha value is -1.87. The first-order valence-electron chi connectivity index (χ1n) is 9.71. The largest absolute Gasteiger partial charge is 0.497 e. The van der Waals surface area contributed by atoms with Gasteiger partial charge in [-0.1, -0.05) is 24.3 Å². The maximum Gasteiger partial charge on any atom is 0.194 e. The van der Waals surface area contributed by atoms with Crippen LogP contribution >= 0.6 is 24.0 Å². The van der Waals surface area contributed by atoms with E-state index in [2.05, 4.69) is 27.3 Å². The topological polar surface area (TPSA) is 57.1 Å². The number of hydrogen-bond acceptors (Lipinski definition) is 3. The summed E-state index contributed by atoms with van der Waals surface area (Å²) >= 11 is 0. The molecule has 3 rings (SSSR count). The van der Waals surface area contributed by atoms with Gasteiger partial charge in [-0.15, -0.1) is 24.0 Å². The second-order valence-corrected chi connectivity index (χ2v) is 6.97. The molecule has 1 heterocycles. The molecule has 2 aromatic rings. The number of nitrogens with zero attached hydrogens (tertiary/aromatic N) is 2. The van der Waals surface area contributed by atoms with Gasteiger partial charge in [0.2, 0.25) is 0 Å². The van der Waals surface area contributed by atoms with E-state index in [0.717, 1.165) is 37.8 Å². The number of rotatable bonds is 6. The van der Waals surface area contributed by atoms with Crippen LogP contribution in [0.5, 0.6) is 5.75 Å². The first kappa shape index (κ1) is 23.4. The van der Waals surface area contributed by atoms with Gasteiger partial charge >= 0.3 is 0 Å². The molecule has 0 saturated carbocycles. The van der Waals surface area contributed by atoms with Gasteiger partial charge in [-0.05, 0) is 48.7 Å². The highest BCUT2D eigenvalue weighted by molar-refractivity contribution is 14.0. The minimum absolute atomic E-state index is 0. The van der Waals surface area contributed by atoms with Crippen LogP contribution in [0.2, 0.25) is 0 Å². The molecule has 1 aliphatic heterocycles. The summed E-state index contributed by atoms with van der Waals surface area (Å²) in [6, 6.07) is 14.1. The number of methoxy groups -OCH3 is 1. The van der Waals surface area contributed by atoms with E-state index >= 15 is 0 Å². The Labute approximate surface area is 189 Å². The summed E-state index contributed by atoms with van der Waals surface area (Å²) < 4.78 is 18.3. The van der Waals surface area contributed by atoms with Gasteiger partial charge in [0, 0.05) is 25.6 Å². The van der Waals surface area contributed by atoms with E-state index in [0.29, 0.717) is 11.5 Å². The lowest BCUT2D eigenvalue weighted by molar-refractivity contribution is 0.186. The summed E-state index contributed by atoms with van der Waals surface area (Å²) in [5, 5.41) is 13.7. The number of halogens is 2. The van der Waals surface area contributed by atoms with Gasteiger partial charge in [-0.3, -0.25) is 4.99 Å². The zero-order chi connectivity index (χ0) is 19.9. The third kappa shape index (κ3) is 6.30. The molecular formula is C22H29FIN3O2. The van der Waals surface area contributed by atoms with E-state index in [9.17, 15) is 9.50 Å². The Morgan fingerprint density at radius 2 is 1.93 bits per heavy atom. The molecule has 0 aromatic heterocycles. The molecule has 0 aliphatic carbocycles. The lowest BCUT2D eigenvalue weighted by Crippen LogP contribution is -2.40. The van der Waals surface area contributed by atoms with Gasteiger partial charge in [-0.2, -0.15) is 0 Å². The molecule has 5 nitrogen and oxygen atoms in total. The van der Waals surface area contributed by atoms with Crippen molar-refractivity contribution in [2.24, 2.45) is 4.99 Å². The van der Waals surface area contributed by atoms with Gasteiger partial charge in [0.05, 0.1) is 19.8 Å². The molecule has 29 heavy (non-hydrogen) atoms. The van der Waals surface area contributed by atoms with E-state index in [1.54, 1.807) is 19.2 Å².